The van der Waals surface area contributed by atoms with Gasteiger partial charge in [0.2, 0.25) is 0 Å². The molecule has 1 heterocycles. The summed E-state index contributed by atoms with van der Waals surface area (Å²) in [6, 6.07) is 11.5. The quantitative estimate of drug-likeness (QED) is 0.679. The van der Waals surface area contributed by atoms with Gasteiger partial charge in [-0.25, -0.2) is 23.9 Å². The number of hydrogen-bond donors (Lipinski definition) is 1. The molecule has 30 heavy (non-hydrogen) atoms. The average molecular weight is 416 g/mol. The summed E-state index contributed by atoms with van der Waals surface area (Å²) >= 11 is 0. The van der Waals surface area contributed by atoms with Crippen LogP contribution in [0.4, 0.5) is 20.7 Å². The van der Waals surface area contributed by atoms with Gasteiger partial charge in [-0.3, -0.25) is 0 Å². The van der Waals surface area contributed by atoms with Gasteiger partial charge in [-0.15, -0.1) is 0 Å². The Morgan fingerprint density at radius 2 is 1.80 bits per heavy atom. The highest BCUT2D eigenvalue weighted by Crippen LogP contribution is 2.37. The standard InChI is InChI=1S/C22H25FN2O5/c23-17-9-10-19(24-13-17)25(18-7-3-1-4-8-18)21(28)30-16-22(11-5-2-6-12-22)15-29-14-20(26)27/h1,3-4,7-10,13H,2,5-6,11-12,14-16H2,(H,26,27). The van der Waals surface area contributed by atoms with E-state index in [0.29, 0.717) is 5.69 Å². The number of halogens is 1. The third-order valence-corrected chi connectivity index (χ3v) is 5.19. The average Bonchev–Trinajstić information content (AvgIpc) is 2.75. The Kier molecular flexibility index (Phi) is 7.35. The molecule has 1 aromatic carbocycles. The number of carbonyl (C=O) groups excluding carboxylic acids is 1. The number of carboxylic acid groups (broad SMARTS) is 1. The lowest BCUT2D eigenvalue weighted by molar-refractivity contribution is -0.144. The summed E-state index contributed by atoms with van der Waals surface area (Å²) in [5.41, 5.74) is 0.128. The van der Waals surface area contributed by atoms with Crippen molar-refractivity contribution in [3.63, 3.8) is 0 Å². The number of aliphatic carboxylic acids is 1. The van der Waals surface area contributed by atoms with Gasteiger partial charge in [-0.1, -0.05) is 37.5 Å². The molecule has 0 saturated heterocycles. The Bertz CT molecular complexity index is 838. The number of para-hydroxylation sites is 1. The van der Waals surface area contributed by atoms with Crippen molar-refractivity contribution in [3.8, 4) is 0 Å². The van der Waals surface area contributed by atoms with Crippen molar-refractivity contribution in [1.82, 2.24) is 4.98 Å². The van der Waals surface area contributed by atoms with Crippen LogP contribution in [-0.2, 0) is 14.3 Å². The number of ether oxygens (including phenoxy) is 2. The number of pyridine rings is 1. The highest BCUT2D eigenvalue weighted by atomic mass is 19.1. The van der Waals surface area contributed by atoms with Gasteiger partial charge in [0.25, 0.3) is 0 Å². The van der Waals surface area contributed by atoms with Crippen molar-refractivity contribution in [2.24, 2.45) is 5.41 Å². The Labute approximate surface area is 174 Å². The van der Waals surface area contributed by atoms with Crippen LogP contribution in [0.15, 0.2) is 48.7 Å². The lowest BCUT2D eigenvalue weighted by atomic mass is 9.75. The van der Waals surface area contributed by atoms with Crippen LogP contribution < -0.4 is 4.90 Å². The monoisotopic (exact) mass is 416 g/mol. The molecule has 1 N–H and O–H groups in total. The van der Waals surface area contributed by atoms with Gasteiger partial charge in [-0.05, 0) is 37.1 Å². The minimum absolute atomic E-state index is 0.107. The molecule has 1 aliphatic carbocycles. The zero-order chi connectivity index (χ0) is 21.4. The molecule has 1 saturated carbocycles. The molecule has 0 bridgehead atoms. The van der Waals surface area contributed by atoms with Crippen molar-refractivity contribution in [1.29, 1.82) is 0 Å². The Morgan fingerprint density at radius 1 is 1.07 bits per heavy atom. The summed E-state index contributed by atoms with van der Waals surface area (Å²) in [4.78, 5) is 29.1. The van der Waals surface area contributed by atoms with Crippen LogP contribution in [0.3, 0.4) is 0 Å². The third kappa shape index (κ3) is 5.76. The van der Waals surface area contributed by atoms with Crippen LogP contribution in [0.1, 0.15) is 32.1 Å². The molecule has 8 heteroatoms. The van der Waals surface area contributed by atoms with E-state index in [-0.39, 0.29) is 25.6 Å². The van der Waals surface area contributed by atoms with Gasteiger partial charge >= 0.3 is 12.1 Å². The normalized spacial score (nSPS) is 15.4. The molecule has 2 aromatic rings. The van der Waals surface area contributed by atoms with Crippen molar-refractivity contribution in [2.45, 2.75) is 32.1 Å². The van der Waals surface area contributed by atoms with E-state index in [0.717, 1.165) is 38.3 Å². The number of rotatable bonds is 8. The lowest BCUT2D eigenvalue weighted by Crippen LogP contribution is -2.38. The molecule has 0 atom stereocenters. The summed E-state index contributed by atoms with van der Waals surface area (Å²) in [7, 11) is 0. The Balaban J connectivity index is 1.75. The van der Waals surface area contributed by atoms with E-state index < -0.39 is 23.3 Å². The number of nitrogens with zero attached hydrogens (tertiary/aromatic N) is 2. The maximum atomic E-state index is 13.3. The number of benzene rings is 1. The first-order chi connectivity index (χ1) is 14.5. The fraction of sp³-hybridized carbons (Fsp3) is 0.409. The highest BCUT2D eigenvalue weighted by Gasteiger charge is 2.35. The predicted octanol–water partition coefficient (Wildman–Crippen LogP) is 4.55. The second kappa shape index (κ2) is 10.2. The molecule has 160 valence electrons. The molecule has 0 radical (unpaired) electrons. The molecule has 1 fully saturated rings. The van der Waals surface area contributed by atoms with Crippen LogP contribution in [0.2, 0.25) is 0 Å². The molecule has 1 amide bonds. The lowest BCUT2D eigenvalue weighted by Gasteiger charge is -2.36. The molecule has 3 rings (SSSR count). The van der Waals surface area contributed by atoms with E-state index in [1.165, 1.54) is 17.0 Å². The first-order valence-corrected chi connectivity index (χ1v) is 9.92. The fourth-order valence-electron chi connectivity index (χ4n) is 3.67. The molecule has 1 aromatic heterocycles. The SMILES string of the molecule is O=C(O)COCC1(COC(=O)N(c2ccccc2)c2ccc(F)cn2)CCCCC1. The van der Waals surface area contributed by atoms with Crippen LogP contribution >= 0.6 is 0 Å². The van der Waals surface area contributed by atoms with Crippen LogP contribution in [0.25, 0.3) is 0 Å². The second-order valence-corrected chi connectivity index (χ2v) is 7.51. The van der Waals surface area contributed by atoms with Crippen LogP contribution in [-0.4, -0.2) is 42.0 Å². The number of anilines is 2. The Hall–Kier alpha value is -3.00. The molecule has 7 nitrogen and oxygen atoms in total. The highest BCUT2D eigenvalue weighted by molar-refractivity contribution is 5.94. The zero-order valence-electron chi connectivity index (χ0n) is 16.6. The van der Waals surface area contributed by atoms with Crippen molar-refractivity contribution < 1.29 is 28.6 Å². The molecule has 1 aliphatic rings. The second-order valence-electron chi connectivity index (χ2n) is 7.51. The summed E-state index contributed by atoms with van der Waals surface area (Å²) in [5, 5.41) is 8.84. The van der Waals surface area contributed by atoms with Gasteiger partial charge in [-0.2, -0.15) is 0 Å². The first-order valence-electron chi connectivity index (χ1n) is 9.92. The molecule has 0 unspecified atom stereocenters. The summed E-state index contributed by atoms with van der Waals surface area (Å²) in [5.74, 6) is -1.29. The van der Waals surface area contributed by atoms with Gasteiger partial charge in [0.05, 0.1) is 18.5 Å². The number of carboxylic acids is 1. The van der Waals surface area contributed by atoms with Gasteiger partial charge in [0.15, 0.2) is 0 Å². The van der Waals surface area contributed by atoms with Gasteiger partial charge in [0.1, 0.15) is 24.8 Å². The Morgan fingerprint density at radius 3 is 2.43 bits per heavy atom. The number of carbonyl (C=O) groups is 2. The molecule has 0 spiro atoms. The number of hydrogen-bond acceptors (Lipinski definition) is 5. The molecule has 0 aliphatic heterocycles. The van der Waals surface area contributed by atoms with E-state index in [2.05, 4.69) is 4.98 Å². The topological polar surface area (TPSA) is 89.0 Å². The summed E-state index contributed by atoms with van der Waals surface area (Å²) in [6.45, 7) is -0.0615. The van der Waals surface area contributed by atoms with Crippen molar-refractivity contribution in [3.05, 3.63) is 54.5 Å². The van der Waals surface area contributed by atoms with Crippen LogP contribution in [0, 0.1) is 11.2 Å². The largest absolute Gasteiger partial charge is 0.480 e. The van der Waals surface area contributed by atoms with Crippen molar-refractivity contribution in [2.75, 3.05) is 24.7 Å². The molecular weight excluding hydrogens is 391 g/mol. The fourth-order valence-corrected chi connectivity index (χ4v) is 3.67. The minimum atomic E-state index is -1.03. The third-order valence-electron chi connectivity index (χ3n) is 5.19. The summed E-state index contributed by atoms with van der Waals surface area (Å²) in [6.07, 6.45) is 5.01. The van der Waals surface area contributed by atoms with Crippen molar-refractivity contribution >= 4 is 23.6 Å². The predicted molar refractivity (Wildman–Crippen MR) is 108 cm³/mol. The zero-order valence-corrected chi connectivity index (χ0v) is 16.6. The van der Waals surface area contributed by atoms with Crippen LogP contribution in [0.5, 0.6) is 0 Å². The van der Waals surface area contributed by atoms with Gasteiger partial charge < -0.3 is 14.6 Å². The number of amides is 1. The van der Waals surface area contributed by atoms with Gasteiger partial charge in [0, 0.05) is 5.41 Å². The minimum Gasteiger partial charge on any atom is -0.480 e. The molecular formula is C22H25FN2O5. The van der Waals surface area contributed by atoms with E-state index in [4.69, 9.17) is 14.6 Å². The van der Waals surface area contributed by atoms with E-state index >= 15 is 0 Å². The van der Waals surface area contributed by atoms with E-state index in [1.807, 2.05) is 6.07 Å². The first kappa shape index (κ1) is 21.7. The van der Waals surface area contributed by atoms with E-state index in [9.17, 15) is 14.0 Å². The number of aromatic nitrogens is 1. The smallest absolute Gasteiger partial charge is 0.420 e. The van der Waals surface area contributed by atoms with E-state index in [1.54, 1.807) is 24.3 Å². The summed E-state index contributed by atoms with van der Waals surface area (Å²) < 4.78 is 24.3. The maximum Gasteiger partial charge on any atom is 0.420 e. The maximum absolute atomic E-state index is 13.3.